The highest BCUT2D eigenvalue weighted by atomic mass is 79.9. The van der Waals surface area contributed by atoms with Gasteiger partial charge < -0.3 is 10.6 Å². The molecule has 2 N–H and O–H groups in total. The molecular weight excluding hydrogens is 266 g/mol. The van der Waals surface area contributed by atoms with Gasteiger partial charge >= 0.3 is 0 Å². The number of rotatable bonds is 4. The molecule has 0 aliphatic carbocycles. The first-order valence-corrected chi connectivity index (χ1v) is 5.98. The summed E-state index contributed by atoms with van der Waals surface area (Å²) < 4.78 is 1.03. The first-order valence-electron chi connectivity index (χ1n) is 5.19. The van der Waals surface area contributed by atoms with E-state index in [1.807, 2.05) is 32.2 Å². The van der Waals surface area contributed by atoms with Crippen molar-refractivity contribution in [2.75, 3.05) is 18.5 Å². The van der Waals surface area contributed by atoms with Crippen LogP contribution in [0.4, 0.5) is 5.69 Å². The molecule has 1 aromatic rings. The van der Waals surface area contributed by atoms with Crippen LogP contribution in [0.5, 0.6) is 0 Å². The number of nitrogens with two attached hydrogens (primary N) is 1. The Hall–Kier alpha value is -1.05. The summed E-state index contributed by atoms with van der Waals surface area (Å²) in [6.07, 6.45) is 0.519. The van der Waals surface area contributed by atoms with E-state index in [1.54, 1.807) is 0 Å². The molecule has 0 radical (unpaired) electrons. The molecule has 0 spiro atoms. The van der Waals surface area contributed by atoms with E-state index in [1.165, 1.54) is 0 Å². The Morgan fingerprint density at radius 3 is 2.81 bits per heavy atom. The van der Waals surface area contributed by atoms with E-state index in [2.05, 4.69) is 26.9 Å². The van der Waals surface area contributed by atoms with Gasteiger partial charge in [-0.1, -0.05) is 15.9 Å². The van der Waals surface area contributed by atoms with Gasteiger partial charge in [-0.15, -0.1) is 0 Å². The minimum Gasteiger partial charge on any atom is -0.373 e. The summed E-state index contributed by atoms with van der Waals surface area (Å²) in [7, 11) is 1.98. The van der Waals surface area contributed by atoms with Crippen LogP contribution in [0.25, 0.3) is 0 Å². The van der Waals surface area contributed by atoms with E-state index in [0.717, 1.165) is 22.3 Å². The first kappa shape index (κ1) is 13.0. The fourth-order valence-electron chi connectivity index (χ4n) is 1.58. The van der Waals surface area contributed by atoms with Crippen molar-refractivity contribution in [2.45, 2.75) is 19.4 Å². The normalized spacial score (nSPS) is 11.9. The number of hydrogen-bond acceptors (Lipinski definition) is 3. The first-order chi connectivity index (χ1) is 7.56. The molecule has 0 aliphatic rings. The Balaban J connectivity index is 2.98. The summed E-state index contributed by atoms with van der Waals surface area (Å²) >= 11 is 3.44. The van der Waals surface area contributed by atoms with Crippen molar-refractivity contribution in [3.05, 3.63) is 28.2 Å². The van der Waals surface area contributed by atoms with Crippen molar-refractivity contribution >= 4 is 21.6 Å². The molecule has 4 heteroatoms. The number of anilines is 1. The topological polar surface area (TPSA) is 53.0 Å². The van der Waals surface area contributed by atoms with E-state index in [-0.39, 0.29) is 6.04 Å². The highest BCUT2D eigenvalue weighted by Crippen LogP contribution is 2.27. The molecule has 3 nitrogen and oxygen atoms in total. The molecule has 0 saturated carbocycles. The van der Waals surface area contributed by atoms with Crippen molar-refractivity contribution < 1.29 is 0 Å². The van der Waals surface area contributed by atoms with Crippen molar-refractivity contribution in [1.82, 2.24) is 0 Å². The lowest BCUT2D eigenvalue weighted by Gasteiger charge is -2.23. The zero-order chi connectivity index (χ0) is 12.1. The quantitative estimate of drug-likeness (QED) is 0.923. The SMILES string of the molecule is CC(N)c1cc(Br)ccc1N(C)CCC#N. The summed E-state index contributed by atoms with van der Waals surface area (Å²) in [6, 6.07) is 8.18. The predicted molar refractivity (Wildman–Crippen MR) is 70.2 cm³/mol. The second-order valence-electron chi connectivity index (χ2n) is 3.82. The lowest BCUT2D eigenvalue weighted by Crippen LogP contribution is -2.21. The minimum absolute atomic E-state index is 0.0166. The number of nitrogens with zero attached hydrogens (tertiary/aromatic N) is 2. The van der Waals surface area contributed by atoms with Crippen LogP contribution < -0.4 is 10.6 Å². The summed E-state index contributed by atoms with van der Waals surface area (Å²) in [5.41, 5.74) is 8.12. The molecule has 0 bridgehead atoms. The fraction of sp³-hybridized carbons (Fsp3) is 0.417. The largest absolute Gasteiger partial charge is 0.373 e. The number of nitriles is 1. The second kappa shape index (κ2) is 5.88. The van der Waals surface area contributed by atoms with Gasteiger partial charge in [-0.3, -0.25) is 0 Å². The number of halogens is 1. The molecular formula is C12H16BrN3. The van der Waals surface area contributed by atoms with Crippen LogP contribution in [-0.2, 0) is 0 Å². The second-order valence-corrected chi connectivity index (χ2v) is 4.74. The predicted octanol–water partition coefficient (Wildman–Crippen LogP) is 2.82. The van der Waals surface area contributed by atoms with Gasteiger partial charge in [-0.05, 0) is 30.7 Å². The molecule has 0 fully saturated rings. The molecule has 0 heterocycles. The van der Waals surface area contributed by atoms with Gasteiger partial charge in [0.05, 0.1) is 12.5 Å². The van der Waals surface area contributed by atoms with Crippen molar-refractivity contribution in [2.24, 2.45) is 5.73 Å². The fourth-order valence-corrected chi connectivity index (χ4v) is 1.95. The van der Waals surface area contributed by atoms with Crippen molar-refractivity contribution in [1.29, 1.82) is 5.26 Å². The molecule has 0 aliphatic heterocycles. The van der Waals surface area contributed by atoms with Crippen LogP contribution in [0.1, 0.15) is 24.9 Å². The lowest BCUT2D eigenvalue weighted by atomic mass is 10.1. The highest BCUT2D eigenvalue weighted by molar-refractivity contribution is 9.10. The standard InChI is InChI=1S/C12H16BrN3/c1-9(15)11-8-10(13)4-5-12(11)16(2)7-3-6-14/h4-5,8-9H,3,7,15H2,1-2H3. The van der Waals surface area contributed by atoms with Crippen LogP contribution in [0.15, 0.2) is 22.7 Å². The van der Waals surface area contributed by atoms with Gasteiger partial charge in [0.1, 0.15) is 0 Å². The third kappa shape index (κ3) is 3.22. The summed E-state index contributed by atoms with van der Waals surface area (Å²) in [5.74, 6) is 0. The van der Waals surface area contributed by atoms with Gasteiger partial charge in [0.15, 0.2) is 0 Å². The maximum Gasteiger partial charge on any atom is 0.0640 e. The zero-order valence-corrected chi connectivity index (χ0v) is 11.2. The van der Waals surface area contributed by atoms with Gasteiger partial charge in [0.25, 0.3) is 0 Å². The third-order valence-electron chi connectivity index (χ3n) is 2.45. The number of benzene rings is 1. The summed E-state index contributed by atoms with van der Waals surface area (Å²) in [4.78, 5) is 2.06. The number of hydrogen-bond donors (Lipinski definition) is 1. The Morgan fingerprint density at radius 2 is 2.25 bits per heavy atom. The Bertz CT molecular complexity index is 396. The average molecular weight is 282 g/mol. The average Bonchev–Trinajstić information content (AvgIpc) is 2.25. The van der Waals surface area contributed by atoms with Gasteiger partial charge in [0.2, 0.25) is 0 Å². The van der Waals surface area contributed by atoms with Crippen LogP contribution in [0.2, 0.25) is 0 Å². The van der Waals surface area contributed by atoms with Crippen LogP contribution in [0.3, 0.4) is 0 Å². The maximum absolute atomic E-state index is 8.58. The van der Waals surface area contributed by atoms with Crippen molar-refractivity contribution in [3.8, 4) is 6.07 Å². The summed E-state index contributed by atoms with van der Waals surface area (Å²) in [6.45, 7) is 2.68. The Labute approximate surface area is 105 Å². The lowest BCUT2D eigenvalue weighted by molar-refractivity contribution is 0.800. The minimum atomic E-state index is -0.0166. The molecule has 0 aromatic heterocycles. The molecule has 1 unspecified atom stereocenters. The van der Waals surface area contributed by atoms with E-state index < -0.39 is 0 Å². The van der Waals surface area contributed by atoms with E-state index >= 15 is 0 Å². The third-order valence-corrected chi connectivity index (χ3v) is 2.94. The van der Waals surface area contributed by atoms with Gasteiger partial charge in [0, 0.05) is 29.8 Å². The monoisotopic (exact) mass is 281 g/mol. The summed E-state index contributed by atoms with van der Waals surface area (Å²) in [5, 5.41) is 8.58. The van der Waals surface area contributed by atoms with Gasteiger partial charge in [-0.25, -0.2) is 0 Å². The molecule has 1 rings (SSSR count). The maximum atomic E-state index is 8.58. The van der Waals surface area contributed by atoms with Gasteiger partial charge in [-0.2, -0.15) is 5.26 Å². The van der Waals surface area contributed by atoms with E-state index in [9.17, 15) is 0 Å². The smallest absolute Gasteiger partial charge is 0.0640 e. The molecule has 0 amide bonds. The molecule has 0 saturated heterocycles. The molecule has 1 aromatic carbocycles. The van der Waals surface area contributed by atoms with E-state index in [0.29, 0.717) is 6.42 Å². The molecule has 16 heavy (non-hydrogen) atoms. The van der Waals surface area contributed by atoms with Crippen LogP contribution in [-0.4, -0.2) is 13.6 Å². The molecule has 1 atom stereocenters. The molecule has 86 valence electrons. The van der Waals surface area contributed by atoms with E-state index in [4.69, 9.17) is 11.0 Å². The van der Waals surface area contributed by atoms with Crippen molar-refractivity contribution in [3.63, 3.8) is 0 Å². The Morgan fingerprint density at radius 1 is 1.56 bits per heavy atom. The van der Waals surface area contributed by atoms with Crippen LogP contribution in [0, 0.1) is 11.3 Å². The zero-order valence-electron chi connectivity index (χ0n) is 9.57. The highest BCUT2D eigenvalue weighted by Gasteiger charge is 2.10. The van der Waals surface area contributed by atoms with Crippen LogP contribution >= 0.6 is 15.9 Å². The Kier molecular flexibility index (Phi) is 4.78.